The number of halogens is 3. The molecule has 198 valence electrons. The topological polar surface area (TPSA) is 138 Å². The zero-order valence-electron chi connectivity index (χ0n) is 19.6. The Hall–Kier alpha value is -4.46. The van der Waals surface area contributed by atoms with E-state index < -0.39 is 50.0 Å². The molecule has 1 aromatic heterocycles. The highest BCUT2D eigenvalue weighted by atomic mass is 32.2. The molecule has 1 fully saturated rings. The van der Waals surface area contributed by atoms with E-state index in [0.717, 1.165) is 17.0 Å². The largest absolute Gasteiger partial charge is 0.501 e. The van der Waals surface area contributed by atoms with Crippen LogP contribution in [0.3, 0.4) is 0 Å². The first-order valence-corrected chi connectivity index (χ1v) is 12.5. The fourth-order valence-corrected chi connectivity index (χ4v) is 4.62. The molecule has 0 spiro atoms. The second kappa shape index (κ2) is 10.1. The van der Waals surface area contributed by atoms with E-state index in [0.29, 0.717) is 28.9 Å². The van der Waals surface area contributed by atoms with Crippen molar-refractivity contribution >= 4 is 39.1 Å². The molecule has 3 N–H and O–H groups in total. The first-order valence-electron chi connectivity index (χ1n) is 11.0. The van der Waals surface area contributed by atoms with E-state index in [4.69, 9.17) is 0 Å². The van der Waals surface area contributed by atoms with Crippen molar-refractivity contribution in [1.29, 1.82) is 0 Å². The molecule has 38 heavy (non-hydrogen) atoms. The number of amides is 4. The summed E-state index contributed by atoms with van der Waals surface area (Å²) < 4.78 is 61.6. The van der Waals surface area contributed by atoms with Gasteiger partial charge < -0.3 is 5.32 Å². The lowest BCUT2D eigenvalue weighted by atomic mass is 9.92. The van der Waals surface area contributed by atoms with Crippen molar-refractivity contribution in [2.75, 3.05) is 10.3 Å². The van der Waals surface area contributed by atoms with Crippen LogP contribution < -0.4 is 21.1 Å². The maximum Gasteiger partial charge on any atom is 0.501 e. The normalized spacial score (nSPS) is 16.6. The van der Waals surface area contributed by atoms with Gasteiger partial charge in [0.05, 0.1) is 22.5 Å². The van der Waals surface area contributed by atoms with Gasteiger partial charge in [0, 0.05) is 17.7 Å². The summed E-state index contributed by atoms with van der Waals surface area (Å²) in [5.41, 5.74) is 1.01. The number of nitrogens with zero attached hydrogens (tertiary/aromatic N) is 2. The zero-order valence-corrected chi connectivity index (χ0v) is 20.4. The molecule has 0 saturated carbocycles. The predicted molar refractivity (Wildman–Crippen MR) is 130 cm³/mol. The summed E-state index contributed by atoms with van der Waals surface area (Å²) in [6, 6.07) is 11.3. The molecule has 2 aromatic carbocycles. The molecule has 4 rings (SSSR count). The highest BCUT2D eigenvalue weighted by Crippen LogP contribution is 2.33. The molecular formula is C24H20F3N5O5S. The average molecular weight is 548 g/mol. The number of imide groups is 1. The van der Waals surface area contributed by atoms with Gasteiger partial charge in [0.1, 0.15) is 6.04 Å². The van der Waals surface area contributed by atoms with Crippen molar-refractivity contribution in [2.45, 2.75) is 29.3 Å². The van der Waals surface area contributed by atoms with Crippen LogP contribution in [0.5, 0.6) is 0 Å². The smallest absolute Gasteiger partial charge is 0.325 e. The molecule has 3 aromatic rings. The third-order valence-corrected chi connectivity index (χ3v) is 7.37. The van der Waals surface area contributed by atoms with Crippen LogP contribution in [0.2, 0.25) is 0 Å². The summed E-state index contributed by atoms with van der Waals surface area (Å²) in [5, 5.41) is 2.54. The molecule has 2 atom stereocenters. The quantitative estimate of drug-likeness (QED) is 0.305. The van der Waals surface area contributed by atoms with Crippen LogP contribution in [0.1, 0.15) is 28.8 Å². The Kier molecular flexibility index (Phi) is 7.09. The molecule has 10 nitrogen and oxygen atoms in total. The summed E-state index contributed by atoms with van der Waals surface area (Å²) in [7, 11) is -5.59. The summed E-state index contributed by atoms with van der Waals surface area (Å²) in [6.45, 7) is 1.66. The van der Waals surface area contributed by atoms with E-state index >= 15 is 0 Å². The van der Waals surface area contributed by atoms with Crippen LogP contribution in [0.15, 0.2) is 78.0 Å². The average Bonchev–Trinajstić information content (AvgIpc) is 3.20. The summed E-state index contributed by atoms with van der Waals surface area (Å²) in [6.07, 6.45) is 2.89. The number of hydrogen-bond acceptors (Lipinski definition) is 7. The minimum atomic E-state index is -5.59. The van der Waals surface area contributed by atoms with Crippen LogP contribution >= 0.6 is 0 Å². The zero-order chi connectivity index (χ0) is 27.7. The minimum absolute atomic E-state index is 0.105. The minimum Gasteiger partial charge on any atom is -0.325 e. The number of carbonyl (C=O) groups excluding carboxylic acids is 3. The number of aromatic nitrogens is 1. The Bertz CT molecular complexity index is 1480. The number of anilines is 2. The van der Waals surface area contributed by atoms with E-state index in [9.17, 15) is 36.0 Å². The standard InChI is InChI=1S/C24H20F3N5O5S/c1-14(18-11-12-28-13-19(18)30-31-21(33)15-5-3-2-4-6-15)20-22(34)32(23(35)29-20)16-7-9-17(10-8-16)38(36,37)24(25,26)27/h2-14,20,30H,1H3,(H,29,35)(H,31,33). The van der Waals surface area contributed by atoms with E-state index in [1.54, 1.807) is 43.3 Å². The van der Waals surface area contributed by atoms with Crippen LogP contribution in [-0.2, 0) is 14.6 Å². The number of rotatable bonds is 7. The lowest BCUT2D eigenvalue weighted by Gasteiger charge is -2.21. The van der Waals surface area contributed by atoms with Crippen molar-refractivity contribution in [3.05, 3.63) is 84.2 Å². The molecular weight excluding hydrogens is 527 g/mol. The molecule has 1 saturated heterocycles. The van der Waals surface area contributed by atoms with Gasteiger partial charge in [0.15, 0.2) is 0 Å². The van der Waals surface area contributed by atoms with Crippen LogP contribution in [0, 0.1) is 0 Å². The molecule has 4 amide bonds. The molecule has 2 unspecified atom stereocenters. The number of benzene rings is 2. The monoisotopic (exact) mass is 547 g/mol. The van der Waals surface area contributed by atoms with Gasteiger partial charge in [-0.25, -0.2) is 18.1 Å². The van der Waals surface area contributed by atoms with Gasteiger partial charge in [-0.05, 0) is 48.0 Å². The Balaban J connectivity index is 1.52. The van der Waals surface area contributed by atoms with E-state index in [1.165, 1.54) is 12.4 Å². The number of hydrazine groups is 1. The van der Waals surface area contributed by atoms with Gasteiger partial charge >= 0.3 is 11.5 Å². The molecule has 0 bridgehead atoms. The Labute approximate surface area is 214 Å². The van der Waals surface area contributed by atoms with Gasteiger partial charge in [-0.15, -0.1) is 0 Å². The molecule has 1 aliphatic rings. The third kappa shape index (κ3) is 5.02. The highest BCUT2D eigenvalue weighted by molar-refractivity contribution is 7.92. The lowest BCUT2D eigenvalue weighted by molar-refractivity contribution is -0.118. The van der Waals surface area contributed by atoms with Crippen LogP contribution in [0.4, 0.5) is 29.3 Å². The number of carbonyl (C=O) groups is 3. The fourth-order valence-electron chi connectivity index (χ4n) is 3.86. The van der Waals surface area contributed by atoms with Gasteiger partial charge in [0.2, 0.25) is 0 Å². The summed E-state index contributed by atoms with van der Waals surface area (Å²) in [4.78, 5) is 41.9. The Morgan fingerprint density at radius 1 is 1.05 bits per heavy atom. The van der Waals surface area contributed by atoms with E-state index in [1.807, 2.05) is 0 Å². The second-order valence-electron chi connectivity index (χ2n) is 8.24. The van der Waals surface area contributed by atoms with Gasteiger partial charge in [-0.2, -0.15) is 13.2 Å². The number of nitrogens with one attached hydrogen (secondary N) is 3. The summed E-state index contributed by atoms with van der Waals surface area (Å²) in [5.74, 6) is -1.76. The van der Waals surface area contributed by atoms with Gasteiger partial charge in [-0.3, -0.25) is 25.4 Å². The molecule has 2 heterocycles. The number of pyridine rings is 1. The van der Waals surface area contributed by atoms with Crippen molar-refractivity contribution in [3.8, 4) is 0 Å². The van der Waals surface area contributed by atoms with Crippen molar-refractivity contribution in [2.24, 2.45) is 0 Å². The number of alkyl halides is 3. The van der Waals surface area contributed by atoms with E-state index in [2.05, 4.69) is 21.2 Å². The van der Waals surface area contributed by atoms with Gasteiger partial charge in [-0.1, -0.05) is 25.1 Å². The maximum absolute atomic E-state index is 13.2. The van der Waals surface area contributed by atoms with Crippen molar-refractivity contribution in [3.63, 3.8) is 0 Å². The van der Waals surface area contributed by atoms with Crippen molar-refractivity contribution in [1.82, 2.24) is 15.7 Å². The number of urea groups is 1. The second-order valence-corrected chi connectivity index (χ2v) is 10.2. The Morgan fingerprint density at radius 2 is 1.71 bits per heavy atom. The molecule has 0 aliphatic carbocycles. The van der Waals surface area contributed by atoms with Crippen LogP contribution in [-0.4, -0.2) is 42.8 Å². The highest BCUT2D eigenvalue weighted by Gasteiger charge is 2.47. The predicted octanol–water partition coefficient (Wildman–Crippen LogP) is 3.36. The molecule has 1 aliphatic heterocycles. The fraction of sp³-hybridized carbons (Fsp3) is 0.167. The Morgan fingerprint density at radius 3 is 2.34 bits per heavy atom. The number of sulfone groups is 1. The molecule has 0 radical (unpaired) electrons. The lowest BCUT2D eigenvalue weighted by Crippen LogP contribution is -2.36. The molecule has 14 heteroatoms. The number of hydrogen-bond donors (Lipinski definition) is 3. The van der Waals surface area contributed by atoms with Crippen LogP contribution in [0.25, 0.3) is 0 Å². The van der Waals surface area contributed by atoms with Gasteiger partial charge in [0.25, 0.3) is 21.7 Å². The summed E-state index contributed by atoms with van der Waals surface area (Å²) >= 11 is 0. The van der Waals surface area contributed by atoms with E-state index in [-0.39, 0.29) is 5.69 Å². The SMILES string of the molecule is CC(c1ccncc1NNC(=O)c1ccccc1)C1NC(=O)N(c2ccc(S(=O)(=O)C(F)(F)F)cc2)C1=O. The van der Waals surface area contributed by atoms with Crippen molar-refractivity contribution < 1.29 is 36.0 Å². The first-order chi connectivity index (χ1) is 17.9. The maximum atomic E-state index is 13.2. The third-order valence-electron chi connectivity index (χ3n) is 5.87. The first kappa shape index (κ1) is 26.6.